The summed E-state index contributed by atoms with van der Waals surface area (Å²) in [4.78, 5) is 45.0. The first-order valence-corrected chi connectivity index (χ1v) is 49.3. The molecule has 0 amide bonds. The molecule has 0 N–H and O–H groups in total. The normalized spacial score (nSPS) is 12.0. The third kappa shape index (κ3) is 15.4. The van der Waals surface area contributed by atoms with Crippen molar-refractivity contribution in [3.05, 3.63) is 509 Å². The third-order valence-corrected chi connectivity index (χ3v) is 28.6. The molecule has 1 aliphatic carbocycles. The number of hydrogen-bond donors (Lipinski definition) is 0. The molecular formula is C133H92N14. The molecule has 8 aromatic heterocycles. The smallest absolute Gasteiger partial charge is 0.238 e. The minimum Gasteiger partial charge on any atom is -0.309 e. The number of rotatable bonds is 14. The molecule has 0 atom stereocenters. The highest BCUT2D eigenvalue weighted by atomic mass is 15.2. The quantitative estimate of drug-likeness (QED) is 0.104. The molecule has 20 aromatic carbocycles. The van der Waals surface area contributed by atoms with Gasteiger partial charge in [0, 0.05) is 127 Å². The highest BCUT2D eigenvalue weighted by Crippen LogP contribution is 2.52. The highest BCUT2D eigenvalue weighted by molar-refractivity contribution is 6.21. The summed E-state index contributed by atoms with van der Waals surface area (Å²) in [7, 11) is 0. The van der Waals surface area contributed by atoms with Gasteiger partial charge in [-0.25, -0.2) is 34.9 Å². The molecule has 1 aliphatic rings. The van der Waals surface area contributed by atoms with Gasteiger partial charge in [0.1, 0.15) is 0 Å². The molecule has 0 fully saturated rings. The van der Waals surface area contributed by atoms with Crippen molar-refractivity contribution >= 4 is 109 Å². The van der Waals surface area contributed by atoms with Crippen LogP contribution in [0.15, 0.2) is 497 Å². The van der Waals surface area contributed by atoms with Crippen LogP contribution in [0.3, 0.4) is 0 Å². The van der Waals surface area contributed by atoms with Gasteiger partial charge in [0.05, 0.1) is 55.2 Å². The predicted octanol–water partition coefficient (Wildman–Crippen LogP) is 33.0. The van der Waals surface area contributed by atoms with Crippen molar-refractivity contribution in [3.8, 4) is 142 Å². The lowest BCUT2D eigenvalue weighted by atomic mass is 9.82. The molecule has 29 rings (SSSR count). The average Bonchev–Trinajstić information content (AvgIpc) is 1.56. The number of hydrogen-bond acceptors (Lipinski definition) is 9. The minimum absolute atomic E-state index is 0. The van der Waals surface area contributed by atoms with E-state index in [2.05, 4.69) is 352 Å². The second-order valence-corrected chi connectivity index (χ2v) is 37.6. The van der Waals surface area contributed by atoms with E-state index in [-0.39, 0.29) is 12.8 Å². The lowest BCUT2D eigenvalue weighted by Crippen LogP contribution is -2.14. The van der Waals surface area contributed by atoms with E-state index in [4.69, 9.17) is 44.9 Å². The van der Waals surface area contributed by atoms with E-state index in [9.17, 15) is 0 Å². The van der Waals surface area contributed by atoms with Crippen LogP contribution in [-0.2, 0) is 5.41 Å². The Balaban J connectivity index is 0.000000113. The lowest BCUT2D eigenvalue weighted by molar-refractivity contribution is 0.661. The maximum Gasteiger partial charge on any atom is 0.238 e. The average molecular weight is 1890 g/mol. The second kappa shape index (κ2) is 36.5. The molecule has 14 heteroatoms. The Labute approximate surface area is 848 Å². The maximum atomic E-state index is 5.08. The van der Waals surface area contributed by atoms with Crippen LogP contribution in [0.1, 0.15) is 32.4 Å². The zero-order valence-corrected chi connectivity index (χ0v) is 79.6. The van der Waals surface area contributed by atoms with Gasteiger partial charge in [-0.2, -0.15) is 9.97 Å². The highest BCUT2D eigenvalue weighted by Gasteiger charge is 2.37. The zero-order chi connectivity index (χ0) is 96.9. The fourth-order valence-corrected chi connectivity index (χ4v) is 21.7. The Morgan fingerprint density at radius 2 is 0.395 bits per heavy atom. The van der Waals surface area contributed by atoms with Crippen LogP contribution in [-0.4, -0.2) is 67.7 Å². The van der Waals surface area contributed by atoms with E-state index < -0.39 is 0 Å². The van der Waals surface area contributed by atoms with Gasteiger partial charge in [-0.3, -0.25) is 4.57 Å². The largest absolute Gasteiger partial charge is 0.309 e. The topological polar surface area (TPSA) is 141 Å². The van der Waals surface area contributed by atoms with Gasteiger partial charge in [0.15, 0.2) is 46.6 Å². The fourth-order valence-electron chi connectivity index (χ4n) is 21.7. The van der Waals surface area contributed by atoms with Crippen molar-refractivity contribution < 1.29 is 0 Å². The molecule has 28 aromatic rings. The van der Waals surface area contributed by atoms with Crippen LogP contribution in [0, 0.1) is 0 Å². The Bertz CT molecular complexity index is 9760. The molecule has 0 aliphatic heterocycles. The maximum absolute atomic E-state index is 5.08. The molecule has 14 nitrogen and oxygen atoms in total. The molecule has 0 radical (unpaired) electrons. The zero-order valence-electron chi connectivity index (χ0n) is 79.6. The number of nitrogens with zero attached hydrogens (tertiary/aromatic N) is 14. The first-order valence-electron chi connectivity index (χ1n) is 49.3. The second-order valence-electron chi connectivity index (χ2n) is 37.6. The van der Waals surface area contributed by atoms with Crippen LogP contribution < -0.4 is 0 Å². The van der Waals surface area contributed by atoms with Gasteiger partial charge >= 0.3 is 0 Å². The van der Waals surface area contributed by atoms with Crippen LogP contribution in [0.4, 0.5) is 0 Å². The summed E-state index contributed by atoms with van der Waals surface area (Å²) in [5.41, 5.74) is 30.9. The summed E-state index contributed by atoms with van der Waals surface area (Å²) in [5.74, 6) is 5.76. The summed E-state index contributed by atoms with van der Waals surface area (Å²) in [6.07, 6.45) is 0. The Hall–Kier alpha value is -19.6. The van der Waals surface area contributed by atoms with Crippen molar-refractivity contribution in [2.24, 2.45) is 0 Å². The van der Waals surface area contributed by atoms with E-state index in [1.54, 1.807) is 0 Å². The lowest BCUT2D eigenvalue weighted by Gasteiger charge is -2.21. The van der Waals surface area contributed by atoms with Crippen LogP contribution in [0.5, 0.6) is 0 Å². The van der Waals surface area contributed by atoms with E-state index in [1.165, 1.54) is 104 Å². The first-order chi connectivity index (χ1) is 72.2. The van der Waals surface area contributed by atoms with Gasteiger partial charge in [-0.15, -0.1) is 0 Å². The Morgan fingerprint density at radius 1 is 0.150 bits per heavy atom. The number of aromatic nitrogens is 14. The summed E-state index contributed by atoms with van der Waals surface area (Å²) >= 11 is 0. The van der Waals surface area contributed by atoms with Crippen LogP contribution in [0.25, 0.3) is 251 Å². The number of para-hydroxylation sites is 6. The van der Waals surface area contributed by atoms with E-state index in [0.29, 0.717) is 52.5 Å². The standard InChI is InChI=1S/C51H33N5.C45H29N5.C36H26N4.CH4/c1-4-15-34(16-5-1)35-27-29-39(30-28-35)55-45-25-12-10-23-41(45)43-32-44-42-24-11-13-26-46(42)56(48(44)33-47(43)55)40-22-14-21-38(31-40)51-53-49(36-17-6-2-7-18-36)52-50(54-51)37-19-8-3-9-20-37;1-4-15-30(16-5-1)43-46-44(31-17-6-2-7-18-31)48-45(47-43)32-19-14-22-34(27-32)50-40-26-13-11-24-36(40)38-28-37-35-23-10-12-25-39(35)49(41(37)29-42(38)50)33-20-8-3-9-21-33;1-36(2)29-19-11-9-17-25(29)27-22-32-28(21-30(27)36)26-18-10-12-20-31(26)40(32)35-38-33(23-13-5-3-6-14-23)37-34(39-35)24-15-7-4-8-16-24;/h1-33H;1-29H;3-22H,1-2H3;1H4. The van der Waals surface area contributed by atoms with E-state index in [0.717, 1.165) is 106 Å². The van der Waals surface area contributed by atoms with Crippen molar-refractivity contribution in [1.82, 2.24) is 67.7 Å². The molecule has 0 bridgehead atoms. The monoisotopic (exact) mass is 1880 g/mol. The van der Waals surface area contributed by atoms with Gasteiger partial charge in [0.25, 0.3) is 0 Å². The van der Waals surface area contributed by atoms with Crippen LogP contribution >= 0.6 is 0 Å². The van der Waals surface area contributed by atoms with Crippen molar-refractivity contribution in [3.63, 3.8) is 0 Å². The number of benzene rings is 20. The molecule has 694 valence electrons. The third-order valence-electron chi connectivity index (χ3n) is 28.6. The molecular weight excluding hydrogens is 1790 g/mol. The van der Waals surface area contributed by atoms with E-state index in [1.807, 2.05) is 182 Å². The Morgan fingerprint density at radius 3 is 0.748 bits per heavy atom. The SMILES string of the molecule is C.CC1(C)c2ccccc2-c2cc3c(cc21)c1ccccc1n3-c1nc(-c2ccccc2)nc(-c2ccccc2)n1.c1ccc(-c2ccc(-n3c4ccccc4c4cc5c6ccccc6n(-c6cccc(-c7nc(-c8ccccc8)nc(-c8ccccc8)n7)c6)c5cc43)cc2)cc1.c1ccc(-c2nc(-c3ccccc3)nc(-c3cccc(-n4c5ccccc5c5cc6c7ccccc7n(-c7ccccc7)c6cc54)c3)n2)cc1. The molecule has 8 heterocycles. The van der Waals surface area contributed by atoms with Crippen molar-refractivity contribution in [2.75, 3.05) is 0 Å². The summed E-state index contributed by atoms with van der Waals surface area (Å²) < 4.78 is 11.7. The van der Waals surface area contributed by atoms with E-state index >= 15 is 0 Å². The molecule has 147 heavy (non-hydrogen) atoms. The minimum atomic E-state index is -0.0720. The predicted molar refractivity (Wildman–Crippen MR) is 604 cm³/mol. The molecule has 0 saturated heterocycles. The van der Waals surface area contributed by atoms with Crippen molar-refractivity contribution in [2.45, 2.75) is 26.7 Å². The fraction of sp³-hybridized carbons (Fsp3) is 0.0301. The summed E-state index contributed by atoms with van der Waals surface area (Å²) in [6, 6.07) is 174. The summed E-state index contributed by atoms with van der Waals surface area (Å²) in [5, 5.41) is 12.2. The van der Waals surface area contributed by atoms with Gasteiger partial charge in [-0.05, 0) is 149 Å². The molecule has 0 spiro atoms. The van der Waals surface area contributed by atoms with Crippen molar-refractivity contribution in [1.29, 1.82) is 0 Å². The van der Waals surface area contributed by atoms with Gasteiger partial charge in [0.2, 0.25) is 5.95 Å². The van der Waals surface area contributed by atoms with Crippen LogP contribution in [0.2, 0.25) is 0 Å². The van der Waals surface area contributed by atoms with Gasteiger partial charge < -0.3 is 18.3 Å². The number of fused-ring (bicyclic) bond motifs is 18. The van der Waals surface area contributed by atoms with Gasteiger partial charge in [-0.1, -0.05) is 403 Å². The first kappa shape index (κ1) is 87.7. The summed E-state index contributed by atoms with van der Waals surface area (Å²) in [6.45, 7) is 4.65. The molecule has 0 saturated carbocycles. The Kier molecular flexibility index (Phi) is 21.8. The molecule has 0 unspecified atom stereocenters.